The molecule has 772 valence electrons. The Kier molecular flexibility index (Phi) is 28.7. The van der Waals surface area contributed by atoms with Crippen molar-refractivity contribution >= 4 is 34.7 Å². The summed E-state index contributed by atoms with van der Waals surface area (Å²) >= 11 is 0. The van der Waals surface area contributed by atoms with Crippen LogP contribution in [0.3, 0.4) is 0 Å². The Morgan fingerprint density at radius 3 is 1.23 bits per heavy atom. The molecule has 145 heavy (non-hydrogen) atoms. The van der Waals surface area contributed by atoms with Gasteiger partial charge in [0.2, 0.25) is 0 Å². The average Bonchev–Trinajstić information content (AvgIpc) is 1.62. The first-order valence-electron chi connectivity index (χ1n) is 53.6. The molecule has 8 unspecified atom stereocenters. The van der Waals surface area contributed by atoms with E-state index in [1.54, 1.807) is 29.9 Å². The Hall–Kier alpha value is -7.83. The molecule has 2 spiro atoms. The molecule has 20 aliphatic rings. The van der Waals surface area contributed by atoms with Crippen LogP contribution in [0.5, 0.6) is 0 Å². The van der Waals surface area contributed by atoms with E-state index in [1.165, 1.54) is 76.5 Å². The number of benzene rings is 4. The number of ketones is 6. The van der Waals surface area contributed by atoms with E-state index in [1.807, 2.05) is 64.1 Å². The van der Waals surface area contributed by atoms with Crippen molar-refractivity contribution in [3.63, 3.8) is 0 Å². The molecule has 24 heteroatoms. The van der Waals surface area contributed by atoms with E-state index in [2.05, 4.69) is 81.6 Å². The molecule has 4 aromatic rings. The maximum absolute atomic E-state index is 15.3. The third-order valence-corrected chi connectivity index (χ3v) is 39.9. The molecule has 16 aliphatic carbocycles. The van der Waals surface area contributed by atoms with Gasteiger partial charge in [-0.25, -0.2) is 15.4 Å². The van der Waals surface area contributed by atoms with Crippen molar-refractivity contribution < 1.29 is 127 Å². The first-order chi connectivity index (χ1) is 68.5. The molecule has 9 saturated carbocycles. The van der Waals surface area contributed by atoms with Gasteiger partial charge in [0, 0.05) is 119 Å². The van der Waals surface area contributed by atoms with Gasteiger partial charge in [0.15, 0.2) is 46.3 Å². The Balaban J connectivity index is 0.000000120. The van der Waals surface area contributed by atoms with Gasteiger partial charge >= 0.3 is 18.9 Å². The number of allylic oxidation sites excluding steroid dienone is 13. The van der Waals surface area contributed by atoms with Crippen molar-refractivity contribution in [1.82, 2.24) is 0 Å². The normalized spacial score (nSPS) is 35.9. The van der Waals surface area contributed by atoms with Crippen LogP contribution in [0.2, 0.25) is 0 Å². The molecular formula is C121H143F6LiO17. The summed E-state index contributed by atoms with van der Waals surface area (Å²) in [5, 5.41) is 35.3. The third-order valence-electron chi connectivity index (χ3n) is 39.9. The molecule has 4 saturated heterocycles. The fraction of sp³-hybridized carbons (Fsp3) is 0.595. The molecule has 4 heterocycles. The number of Topliss-reactive ketones (excluding diaryl/α,β-unsaturated/α-hetero) is 4. The van der Waals surface area contributed by atoms with E-state index >= 15 is 17.6 Å². The summed E-state index contributed by atoms with van der Waals surface area (Å²) in [6.45, 7) is 27.9. The SMILES string of the molecule is C=CC(F)(F)[C@]1(O)CCC2C3CCC4=CC(=O)CCC4=C3[C@@H](c3ccc(C(C)=O)cc3)C[C@@]21C.C=C[C-](F)F.CC1(c2ccc([C@H]3C[C@]4(C)C(=O)CCC4C4CCC5=CC6(CCC5=C43)OCCO6)cc2)OCCO1.CC1(c2ccc([C@H]3C[C@]4(C)C(=O)CCC4C4CC[C@@]5(O)CC6(CCC5=C43)OCCO6)cc2)OCCO1.CCC(F)(F)[C@]1(O)CCC2C3CCC4=CC(=O)CCC4=C3[C@@H](c3ccc(C(C)=O)cc3)C[C@@]21C.[Li+]. The molecule has 4 aromatic carbocycles. The topological polar surface area (TPSA) is 237 Å². The molecule has 0 aromatic heterocycles. The number of hydrogen-bond acceptors (Lipinski definition) is 17. The smallest absolute Gasteiger partial charge is 0.385 e. The number of rotatable bonds is 13. The van der Waals surface area contributed by atoms with Crippen molar-refractivity contribution in [3.8, 4) is 0 Å². The monoisotopic (exact) mass is 1990 g/mol. The van der Waals surface area contributed by atoms with Gasteiger partial charge in [0.05, 0.1) is 58.5 Å². The van der Waals surface area contributed by atoms with Crippen molar-refractivity contribution in [2.24, 2.45) is 69.0 Å². The second-order valence-electron chi connectivity index (χ2n) is 46.7. The fourth-order valence-corrected chi connectivity index (χ4v) is 32.5. The summed E-state index contributed by atoms with van der Waals surface area (Å²) in [4.78, 5) is 74.4. The largest absolute Gasteiger partial charge is 1.00 e. The number of carbonyl (C=O) groups excluding carboxylic acids is 6. The Labute approximate surface area is 861 Å². The summed E-state index contributed by atoms with van der Waals surface area (Å²) in [5.74, 6) is -5.86. The zero-order valence-corrected chi connectivity index (χ0v) is 86.2. The van der Waals surface area contributed by atoms with Crippen LogP contribution in [-0.4, -0.2) is 143 Å². The average molecular weight is 1990 g/mol. The number of alkyl halides is 4. The summed E-state index contributed by atoms with van der Waals surface area (Å²) in [5.41, 5.74) is 14.8. The maximum Gasteiger partial charge on any atom is 1.00 e. The first kappa shape index (κ1) is 106. The van der Waals surface area contributed by atoms with Crippen molar-refractivity contribution in [2.75, 3.05) is 52.9 Å². The van der Waals surface area contributed by atoms with Crippen LogP contribution in [0.4, 0.5) is 26.3 Å². The van der Waals surface area contributed by atoms with Crippen LogP contribution in [0.15, 0.2) is 202 Å². The number of carbonyl (C=O) groups is 6. The van der Waals surface area contributed by atoms with Crippen LogP contribution in [0.25, 0.3) is 0 Å². The first-order valence-corrected chi connectivity index (χ1v) is 53.6. The number of halogens is 6. The minimum Gasteiger partial charge on any atom is -0.385 e. The fourth-order valence-electron chi connectivity index (χ4n) is 32.5. The molecule has 0 bridgehead atoms. The predicted molar refractivity (Wildman–Crippen MR) is 532 cm³/mol. The van der Waals surface area contributed by atoms with Crippen molar-refractivity contribution in [2.45, 2.75) is 330 Å². The number of ether oxygens (including phenoxy) is 8. The van der Waals surface area contributed by atoms with Crippen LogP contribution in [0, 0.1) is 75.4 Å². The van der Waals surface area contributed by atoms with Gasteiger partial charge in [-0.05, 0) is 302 Å². The minimum atomic E-state index is -3.39. The van der Waals surface area contributed by atoms with Crippen molar-refractivity contribution in [1.29, 1.82) is 0 Å². The Morgan fingerprint density at radius 1 is 0.428 bits per heavy atom. The predicted octanol–water partition coefficient (Wildman–Crippen LogP) is 21.8. The maximum atomic E-state index is 15.3. The van der Waals surface area contributed by atoms with Gasteiger partial charge in [-0.15, -0.1) is 0 Å². The summed E-state index contributed by atoms with van der Waals surface area (Å²) < 4.78 is 130. The molecule has 3 N–H and O–H groups in total. The molecular weight excluding hydrogens is 1850 g/mol. The van der Waals surface area contributed by atoms with Gasteiger partial charge in [0.25, 0.3) is 11.8 Å². The van der Waals surface area contributed by atoms with Crippen LogP contribution >= 0.6 is 0 Å². The molecule has 4 aliphatic heterocycles. The number of aliphatic hydroxyl groups is 3. The van der Waals surface area contributed by atoms with Gasteiger partial charge < -0.3 is 53.2 Å². The second kappa shape index (κ2) is 39.4. The van der Waals surface area contributed by atoms with E-state index in [9.17, 15) is 52.9 Å². The Bertz CT molecular complexity index is 5980. The molecule has 13 fully saturated rings. The van der Waals surface area contributed by atoms with Gasteiger partial charge in [-0.3, -0.25) is 37.5 Å². The Morgan fingerprint density at radius 2 is 0.807 bits per heavy atom. The van der Waals surface area contributed by atoms with E-state index in [0.29, 0.717) is 176 Å². The molecule has 24 rings (SSSR count). The van der Waals surface area contributed by atoms with Crippen LogP contribution < -0.4 is 18.9 Å². The third kappa shape index (κ3) is 17.9. The number of hydrogen-bond donors (Lipinski definition) is 3. The van der Waals surface area contributed by atoms with E-state index in [-0.39, 0.29) is 119 Å². The minimum absolute atomic E-state index is 0. The molecule has 0 amide bonds. The second-order valence-corrected chi connectivity index (χ2v) is 46.7. The summed E-state index contributed by atoms with van der Waals surface area (Å²) in [6, 6.07) is 32.5. The molecule has 19 atom stereocenters. The van der Waals surface area contributed by atoms with Gasteiger partial charge in [0.1, 0.15) is 29.2 Å². The zero-order valence-electron chi connectivity index (χ0n) is 86.2. The van der Waals surface area contributed by atoms with Crippen LogP contribution in [-0.2, 0) is 68.6 Å². The molecule has 17 nitrogen and oxygen atoms in total. The van der Waals surface area contributed by atoms with E-state index < -0.39 is 69.1 Å². The zero-order chi connectivity index (χ0) is 102. The number of fused-ring (bicyclic) bond motifs is 16. The standard InChI is InChI=1S/C30H38O6.C30H36O5.C29H34F2O3.C29H32F2O3.C3H3F2.Li/c1-27-17-22(19-3-5-20(6-4-19)28(2)33-13-14-34-28)26-21(23(27)7-8-25(27)31)9-11-29(32)18-30(12-10-24(26)29)35-15-16-36-30;1-28-18-24(19-3-6-21(7-4-19)29(2)32-13-14-33-29)27-22-11-12-30(34-15-16-35-30)17-20(22)5-8-23(27)25(28)9-10-26(28)31;2*1-4-29(30,31)28(34)14-13-25-23-11-9-20-15-21(33)10-12-22(20)26(23)24(16-27(25,28)3)19-7-5-18(6-8-19)17(2)32;1-2-3(4)5;/h3-6,21-23,32H,7-18H2,1-2H3;3-4,6-7,17,23-25H,5,8-16,18H2,1-2H3;5-8,15,23-25,34H,4,9-14,16H2,1-3H3;4-8,15,23-25,34H,1,9-14,16H2,2-3H3;2H,1H2;/q;;;;-1;+1/t21?,22-,23?,27+,29-;23?,24-,25?,28+;2*23?,24-,25?,27+,28+;;/m1111../s1. The van der Waals surface area contributed by atoms with Gasteiger partial charge in [-0.1, -0.05) is 161 Å². The summed E-state index contributed by atoms with van der Waals surface area (Å²) in [6.07, 6.45) is 25.6. The quantitative estimate of drug-likeness (QED) is 0.0371. The van der Waals surface area contributed by atoms with E-state index in [4.69, 9.17) is 37.9 Å². The van der Waals surface area contributed by atoms with Crippen molar-refractivity contribution in [3.05, 3.63) is 253 Å². The molecule has 0 radical (unpaired) electrons. The van der Waals surface area contributed by atoms with E-state index in [0.717, 1.165) is 143 Å². The summed E-state index contributed by atoms with van der Waals surface area (Å²) in [7, 11) is 0. The van der Waals surface area contributed by atoms with Crippen LogP contribution in [0.1, 0.15) is 333 Å². The van der Waals surface area contributed by atoms with Gasteiger partial charge in [-0.2, -0.15) is 14.9 Å².